The number of nitrogens with one attached hydrogen (secondary N) is 1. The van der Waals surface area contributed by atoms with Crippen molar-refractivity contribution in [3.05, 3.63) is 35.1 Å². The molecule has 2 amide bonds. The fourth-order valence-corrected chi connectivity index (χ4v) is 5.81. The van der Waals surface area contributed by atoms with Crippen molar-refractivity contribution < 1.29 is 14.0 Å². The summed E-state index contributed by atoms with van der Waals surface area (Å²) in [6.07, 6.45) is 7.85. The van der Waals surface area contributed by atoms with E-state index in [2.05, 4.69) is 5.32 Å². The molecule has 0 heterocycles. The molecule has 0 spiro atoms. The Morgan fingerprint density at radius 3 is 2.32 bits per heavy atom. The minimum atomic E-state index is -0.664. The largest absolute Gasteiger partial charge is 0.366 e. The Labute approximate surface area is 147 Å². The molecule has 5 rings (SSSR count). The number of hydrogen-bond acceptors (Lipinski definition) is 2. The molecular formula is C20H25FN2O2. The number of hydrogen-bond donors (Lipinski definition) is 2. The molecular weight excluding hydrogens is 319 g/mol. The Kier molecular flexibility index (Phi) is 4.26. The molecule has 4 fully saturated rings. The van der Waals surface area contributed by atoms with Crippen LogP contribution in [0.25, 0.3) is 0 Å². The normalized spacial score (nSPS) is 32.6. The van der Waals surface area contributed by atoms with E-state index in [9.17, 15) is 14.0 Å². The Hall–Kier alpha value is -1.91. The van der Waals surface area contributed by atoms with Crippen LogP contribution in [0.1, 0.15) is 59.2 Å². The third-order valence-electron chi connectivity index (χ3n) is 6.68. The van der Waals surface area contributed by atoms with Crippen LogP contribution in [0.2, 0.25) is 0 Å². The van der Waals surface area contributed by atoms with E-state index in [-0.39, 0.29) is 11.1 Å². The number of rotatable bonds is 5. The van der Waals surface area contributed by atoms with Crippen molar-refractivity contribution >= 4 is 11.8 Å². The van der Waals surface area contributed by atoms with Gasteiger partial charge in [0.15, 0.2) is 0 Å². The maximum absolute atomic E-state index is 13.9. The Morgan fingerprint density at radius 2 is 1.72 bits per heavy atom. The number of primary amides is 1. The molecule has 4 nitrogen and oxygen atoms in total. The lowest BCUT2D eigenvalue weighted by Gasteiger charge is -2.54. The van der Waals surface area contributed by atoms with Crippen LogP contribution in [0.4, 0.5) is 4.39 Å². The SMILES string of the molecule is NC(=O)c1ccc(F)c(C(=O)NCCC2C3CC4CC(C3)CC2C4)c1. The lowest BCUT2D eigenvalue weighted by molar-refractivity contribution is -0.0391. The highest BCUT2D eigenvalue weighted by molar-refractivity contribution is 5.99. The van der Waals surface area contributed by atoms with E-state index in [0.29, 0.717) is 12.5 Å². The first-order valence-corrected chi connectivity index (χ1v) is 9.38. The van der Waals surface area contributed by atoms with Crippen molar-refractivity contribution in [2.45, 2.75) is 38.5 Å². The van der Waals surface area contributed by atoms with Crippen molar-refractivity contribution in [1.82, 2.24) is 5.32 Å². The molecule has 0 aromatic heterocycles. The van der Waals surface area contributed by atoms with Gasteiger partial charge in [0, 0.05) is 12.1 Å². The number of halogens is 1. The van der Waals surface area contributed by atoms with Gasteiger partial charge in [-0.3, -0.25) is 9.59 Å². The van der Waals surface area contributed by atoms with Gasteiger partial charge in [0.1, 0.15) is 5.82 Å². The van der Waals surface area contributed by atoms with Crippen LogP contribution in [-0.4, -0.2) is 18.4 Å². The number of nitrogens with two attached hydrogens (primary N) is 1. The summed E-state index contributed by atoms with van der Waals surface area (Å²) in [4.78, 5) is 23.5. The molecule has 0 atom stereocenters. The fourth-order valence-electron chi connectivity index (χ4n) is 5.81. The average molecular weight is 344 g/mol. The first kappa shape index (κ1) is 16.6. The van der Waals surface area contributed by atoms with Gasteiger partial charge in [-0.2, -0.15) is 0 Å². The third kappa shape index (κ3) is 3.16. The second-order valence-corrected chi connectivity index (χ2v) is 8.20. The summed E-state index contributed by atoms with van der Waals surface area (Å²) in [5, 5.41) is 2.83. The number of carbonyl (C=O) groups excluding carboxylic acids is 2. The molecule has 0 unspecified atom stereocenters. The van der Waals surface area contributed by atoms with Gasteiger partial charge in [0.2, 0.25) is 5.91 Å². The van der Waals surface area contributed by atoms with Crippen LogP contribution in [0.3, 0.4) is 0 Å². The van der Waals surface area contributed by atoms with Gasteiger partial charge in [-0.15, -0.1) is 0 Å². The zero-order valence-corrected chi connectivity index (χ0v) is 14.3. The van der Waals surface area contributed by atoms with Crippen LogP contribution in [0, 0.1) is 35.4 Å². The van der Waals surface area contributed by atoms with Gasteiger partial charge in [-0.25, -0.2) is 4.39 Å². The van der Waals surface area contributed by atoms with E-state index in [1.165, 1.54) is 44.2 Å². The van der Waals surface area contributed by atoms with Crippen molar-refractivity contribution in [3.63, 3.8) is 0 Å². The predicted molar refractivity (Wildman–Crippen MR) is 92.4 cm³/mol. The second-order valence-electron chi connectivity index (χ2n) is 8.20. The number of amides is 2. The van der Waals surface area contributed by atoms with Gasteiger partial charge in [0.25, 0.3) is 5.91 Å². The predicted octanol–water partition coefficient (Wildman–Crippen LogP) is 3.12. The Balaban J connectivity index is 1.35. The molecule has 0 saturated heterocycles. The molecule has 25 heavy (non-hydrogen) atoms. The third-order valence-corrected chi connectivity index (χ3v) is 6.68. The Bertz CT molecular complexity index is 675. The molecule has 5 heteroatoms. The lowest BCUT2D eigenvalue weighted by atomic mass is 9.51. The topological polar surface area (TPSA) is 72.2 Å². The molecule has 1 aromatic rings. The van der Waals surface area contributed by atoms with Gasteiger partial charge in [-0.05, 0) is 86.3 Å². The van der Waals surface area contributed by atoms with Crippen LogP contribution in [-0.2, 0) is 0 Å². The van der Waals surface area contributed by atoms with E-state index < -0.39 is 17.6 Å². The highest BCUT2D eigenvalue weighted by Gasteiger charge is 2.47. The molecule has 3 N–H and O–H groups in total. The van der Waals surface area contributed by atoms with Crippen LogP contribution in [0.5, 0.6) is 0 Å². The van der Waals surface area contributed by atoms with Gasteiger partial charge in [-0.1, -0.05) is 0 Å². The molecule has 0 radical (unpaired) electrons. The first-order chi connectivity index (χ1) is 12.0. The fraction of sp³-hybridized carbons (Fsp3) is 0.600. The molecule has 1 aromatic carbocycles. The first-order valence-electron chi connectivity index (χ1n) is 9.38. The van der Waals surface area contributed by atoms with Crippen molar-refractivity contribution in [2.24, 2.45) is 35.3 Å². The zero-order valence-electron chi connectivity index (χ0n) is 14.3. The lowest BCUT2D eigenvalue weighted by Crippen LogP contribution is -2.46. The highest BCUT2D eigenvalue weighted by Crippen LogP contribution is 2.57. The standard InChI is InChI=1S/C20H25FN2O2/c21-18-2-1-13(19(22)24)10-17(18)20(25)23-4-3-16-14-6-11-5-12(8-14)9-15(16)7-11/h1-2,10-12,14-16H,3-9H2,(H2,22,24)(H,23,25). The quantitative estimate of drug-likeness (QED) is 0.861. The smallest absolute Gasteiger partial charge is 0.254 e. The van der Waals surface area contributed by atoms with Crippen molar-refractivity contribution in [3.8, 4) is 0 Å². The van der Waals surface area contributed by atoms with E-state index in [4.69, 9.17) is 5.73 Å². The van der Waals surface area contributed by atoms with E-state index in [1.807, 2.05) is 0 Å². The minimum Gasteiger partial charge on any atom is -0.366 e. The summed E-state index contributed by atoms with van der Waals surface area (Å²) in [7, 11) is 0. The molecule has 134 valence electrons. The molecule has 4 aliphatic rings. The molecule has 4 bridgehead atoms. The van der Waals surface area contributed by atoms with Gasteiger partial charge < -0.3 is 11.1 Å². The van der Waals surface area contributed by atoms with Crippen molar-refractivity contribution in [1.29, 1.82) is 0 Å². The minimum absolute atomic E-state index is 0.110. The summed E-state index contributed by atoms with van der Waals surface area (Å²) in [5.74, 6) is 2.48. The van der Waals surface area contributed by atoms with E-state index >= 15 is 0 Å². The van der Waals surface area contributed by atoms with Gasteiger partial charge in [0.05, 0.1) is 5.56 Å². The maximum Gasteiger partial charge on any atom is 0.254 e. The molecule has 4 aliphatic carbocycles. The number of carbonyl (C=O) groups is 2. The maximum atomic E-state index is 13.9. The summed E-state index contributed by atoms with van der Waals surface area (Å²) >= 11 is 0. The van der Waals surface area contributed by atoms with E-state index in [1.54, 1.807) is 0 Å². The van der Waals surface area contributed by atoms with E-state index in [0.717, 1.165) is 36.2 Å². The summed E-state index contributed by atoms with van der Waals surface area (Å²) in [6.45, 7) is 0.562. The van der Waals surface area contributed by atoms with Crippen LogP contribution in [0.15, 0.2) is 18.2 Å². The van der Waals surface area contributed by atoms with Crippen LogP contribution >= 0.6 is 0 Å². The van der Waals surface area contributed by atoms with Crippen molar-refractivity contribution in [2.75, 3.05) is 6.54 Å². The monoisotopic (exact) mass is 344 g/mol. The van der Waals surface area contributed by atoms with Crippen LogP contribution < -0.4 is 11.1 Å². The summed E-state index contributed by atoms with van der Waals surface area (Å²) in [6, 6.07) is 3.64. The average Bonchev–Trinajstić information content (AvgIpc) is 2.56. The molecule has 4 saturated carbocycles. The summed E-state index contributed by atoms with van der Waals surface area (Å²) < 4.78 is 13.9. The summed E-state index contributed by atoms with van der Waals surface area (Å²) in [5.41, 5.74) is 5.24. The number of benzene rings is 1. The van der Waals surface area contributed by atoms with Gasteiger partial charge >= 0.3 is 0 Å². The second kappa shape index (κ2) is 6.43. The zero-order chi connectivity index (χ0) is 17.6. The highest BCUT2D eigenvalue weighted by atomic mass is 19.1. The Morgan fingerprint density at radius 1 is 1.08 bits per heavy atom. The molecule has 0 aliphatic heterocycles.